The number of nitrogens with one attached hydrogen (secondary N) is 2. The van der Waals surface area contributed by atoms with Gasteiger partial charge in [-0.2, -0.15) is 0 Å². The van der Waals surface area contributed by atoms with E-state index in [1.807, 2.05) is 0 Å². The molecule has 0 aromatic carbocycles. The molecule has 0 radical (unpaired) electrons. The molecule has 0 saturated heterocycles. The summed E-state index contributed by atoms with van der Waals surface area (Å²) >= 11 is 0. The first-order valence-corrected chi connectivity index (χ1v) is 10.9. The van der Waals surface area contributed by atoms with E-state index < -0.39 is 59.3 Å². The van der Waals surface area contributed by atoms with Gasteiger partial charge in [0.05, 0.1) is 14.2 Å². The highest BCUT2D eigenvalue weighted by Crippen LogP contribution is 2.09. The van der Waals surface area contributed by atoms with Crippen LogP contribution in [0.25, 0.3) is 0 Å². The Kier molecular flexibility index (Phi) is 15.5. The van der Waals surface area contributed by atoms with E-state index in [-0.39, 0.29) is 25.7 Å². The molecule has 4 N–H and O–H groups in total. The molecule has 208 valence electrons. The third-order valence-electron chi connectivity index (χ3n) is 3.68. The zero-order valence-corrected chi connectivity index (χ0v) is 22.0. The summed E-state index contributed by atoms with van der Waals surface area (Å²) in [6.45, 7) is 10.0. The van der Waals surface area contributed by atoms with Gasteiger partial charge in [-0.25, -0.2) is 19.2 Å². The molecule has 0 heterocycles. The zero-order valence-electron chi connectivity index (χ0n) is 22.0. The Morgan fingerprint density at radius 3 is 1.44 bits per heavy atom. The topological polar surface area (TPSA) is 204 Å². The first-order chi connectivity index (χ1) is 16.3. The van der Waals surface area contributed by atoms with Crippen molar-refractivity contribution < 1.29 is 57.9 Å². The molecule has 14 nitrogen and oxygen atoms in total. The number of carbonyl (C=O) groups is 6. The number of hydrogen-bond acceptors (Lipinski definition) is 10. The van der Waals surface area contributed by atoms with Crippen molar-refractivity contribution in [3.8, 4) is 0 Å². The molecular weight excluding hydrogens is 484 g/mol. The molecule has 0 unspecified atom stereocenters. The fourth-order valence-electron chi connectivity index (χ4n) is 2.18. The van der Waals surface area contributed by atoms with E-state index in [0.717, 1.165) is 0 Å². The number of esters is 2. The maximum absolute atomic E-state index is 11.5. The SMILES string of the molecule is CC(C)(C)OC(=O)N[C@H](CCC(=O)O)C(=O)O.COC(=O)CC[C@@H](NC(=O)OC(C)(C)C)C(=O)OC. The van der Waals surface area contributed by atoms with E-state index in [9.17, 15) is 28.8 Å². The first kappa shape index (κ1) is 34.6. The highest BCUT2D eigenvalue weighted by Gasteiger charge is 2.26. The molecule has 2 amide bonds. The molecule has 14 heteroatoms. The van der Waals surface area contributed by atoms with Gasteiger partial charge in [0.25, 0.3) is 0 Å². The molecule has 0 aliphatic carbocycles. The van der Waals surface area contributed by atoms with Crippen LogP contribution in [-0.4, -0.2) is 83.8 Å². The van der Waals surface area contributed by atoms with E-state index in [4.69, 9.17) is 19.7 Å². The van der Waals surface area contributed by atoms with Crippen LogP contribution in [0.2, 0.25) is 0 Å². The number of carboxylic acids is 2. The predicted molar refractivity (Wildman–Crippen MR) is 124 cm³/mol. The van der Waals surface area contributed by atoms with Crippen LogP contribution in [0.3, 0.4) is 0 Å². The van der Waals surface area contributed by atoms with Gasteiger partial charge < -0.3 is 39.8 Å². The van der Waals surface area contributed by atoms with Gasteiger partial charge in [0.2, 0.25) is 0 Å². The molecule has 0 aliphatic heterocycles. The molecule has 0 spiro atoms. The smallest absolute Gasteiger partial charge is 0.408 e. The van der Waals surface area contributed by atoms with E-state index in [2.05, 4.69) is 20.1 Å². The van der Waals surface area contributed by atoms with Gasteiger partial charge in [0.15, 0.2) is 0 Å². The van der Waals surface area contributed by atoms with E-state index >= 15 is 0 Å². The molecular formula is C22H38N2O12. The monoisotopic (exact) mass is 522 g/mol. The second kappa shape index (κ2) is 16.2. The summed E-state index contributed by atoms with van der Waals surface area (Å²) in [5, 5.41) is 21.7. The Balaban J connectivity index is 0. The van der Waals surface area contributed by atoms with Crippen molar-refractivity contribution in [2.24, 2.45) is 0 Å². The van der Waals surface area contributed by atoms with Crippen molar-refractivity contribution in [2.75, 3.05) is 14.2 Å². The molecule has 0 aromatic heterocycles. The number of rotatable bonds is 10. The molecule has 0 aliphatic rings. The zero-order chi connectivity index (χ0) is 28.7. The molecule has 0 fully saturated rings. The van der Waals surface area contributed by atoms with Crippen LogP contribution in [0.15, 0.2) is 0 Å². The highest BCUT2D eigenvalue weighted by molar-refractivity contribution is 5.82. The predicted octanol–water partition coefficient (Wildman–Crippen LogP) is 1.84. The fourth-order valence-corrected chi connectivity index (χ4v) is 2.18. The van der Waals surface area contributed by atoms with Crippen molar-refractivity contribution in [1.82, 2.24) is 10.6 Å². The molecule has 2 atom stereocenters. The van der Waals surface area contributed by atoms with Crippen molar-refractivity contribution >= 4 is 36.1 Å². The summed E-state index contributed by atoms with van der Waals surface area (Å²) in [4.78, 5) is 66.4. The lowest BCUT2D eigenvalue weighted by Crippen LogP contribution is -2.44. The van der Waals surface area contributed by atoms with Crippen LogP contribution in [-0.2, 0) is 38.1 Å². The number of alkyl carbamates (subject to hydrolysis) is 2. The normalized spacial score (nSPS) is 12.4. The number of hydrogen-bond donors (Lipinski definition) is 4. The lowest BCUT2D eigenvalue weighted by Gasteiger charge is -2.22. The second-order valence-corrected chi connectivity index (χ2v) is 9.31. The van der Waals surface area contributed by atoms with Gasteiger partial charge in [-0.1, -0.05) is 0 Å². The Bertz CT molecular complexity index is 768. The maximum atomic E-state index is 11.5. The number of amides is 2. The third-order valence-corrected chi connectivity index (χ3v) is 3.68. The molecule has 0 saturated carbocycles. The largest absolute Gasteiger partial charge is 0.481 e. The lowest BCUT2D eigenvalue weighted by molar-refractivity contribution is -0.145. The summed E-state index contributed by atoms with van der Waals surface area (Å²) in [5.41, 5.74) is -1.41. The van der Waals surface area contributed by atoms with Gasteiger partial charge in [-0.3, -0.25) is 9.59 Å². The van der Waals surface area contributed by atoms with Gasteiger partial charge in [-0.05, 0) is 54.4 Å². The van der Waals surface area contributed by atoms with Gasteiger partial charge in [-0.15, -0.1) is 0 Å². The molecule has 0 aromatic rings. The van der Waals surface area contributed by atoms with Gasteiger partial charge in [0, 0.05) is 12.8 Å². The van der Waals surface area contributed by atoms with Crippen LogP contribution in [0.5, 0.6) is 0 Å². The quantitative estimate of drug-likeness (QED) is 0.240. The highest BCUT2D eigenvalue weighted by atomic mass is 16.6. The fraction of sp³-hybridized carbons (Fsp3) is 0.727. The van der Waals surface area contributed by atoms with Crippen LogP contribution in [0.1, 0.15) is 67.2 Å². The van der Waals surface area contributed by atoms with Gasteiger partial charge >= 0.3 is 36.1 Å². The Morgan fingerprint density at radius 2 is 1.11 bits per heavy atom. The van der Waals surface area contributed by atoms with Crippen molar-refractivity contribution in [3.63, 3.8) is 0 Å². The average Bonchev–Trinajstić information content (AvgIpc) is 2.70. The standard InChI is InChI=1S/C12H21NO6.C10H17NO6/c1-12(2,3)19-11(16)13-8(10(15)18-5)6-7-9(14)17-4;1-10(2,3)17-9(16)11-6(8(14)15)4-5-7(12)13/h8H,6-7H2,1-5H3,(H,13,16);6H,4-5H2,1-3H3,(H,11,16)(H,12,13)(H,14,15)/t8-;6-/m11/s1. The molecule has 0 rings (SSSR count). The average molecular weight is 523 g/mol. The maximum Gasteiger partial charge on any atom is 0.408 e. The third kappa shape index (κ3) is 19.9. The van der Waals surface area contributed by atoms with E-state index in [0.29, 0.717) is 0 Å². The Labute approximate surface area is 210 Å². The van der Waals surface area contributed by atoms with Crippen molar-refractivity contribution in [2.45, 2.75) is 90.5 Å². The Hall–Kier alpha value is -3.58. The van der Waals surface area contributed by atoms with Crippen LogP contribution < -0.4 is 10.6 Å². The first-order valence-electron chi connectivity index (χ1n) is 10.9. The molecule has 36 heavy (non-hydrogen) atoms. The minimum absolute atomic E-state index is 0.00787. The van der Waals surface area contributed by atoms with E-state index in [1.165, 1.54) is 14.2 Å². The summed E-state index contributed by atoms with van der Waals surface area (Å²) < 4.78 is 18.9. The Morgan fingerprint density at radius 1 is 0.694 bits per heavy atom. The minimum atomic E-state index is -1.29. The van der Waals surface area contributed by atoms with E-state index in [1.54, 1.807) is 41.5 Å². The summed E-state index contributed by atoms with van der Waals surface area (Å²) in [5.74, 6) is -3.53. The number of aliphatic carboxylic acids is 2. The van der Waals surface area contributed by atoms with Crippen molar-refractivity contribution in [3.05, 3.63) is 0 Å². The van der Waals surface area contributed by atoms with Crippen molar-refractivity contribution in [1.29, 1.82) is 0 Å². The number of carboxylic acid groups (broad SMARTS) is 2. The molecule has 0 bridgehead atoms. The number of carbonyl (C=O) groups excluding carboxylic acids is 4. The van der Waals surface area contributed by atoms with Crippen LogP contribution >= 0.6 is 0 Å². The second-order valence-electron chi connectivity index (χ2n) is 9.31. The summed E-state index contributed by atoms with van der Waals surface area (Å²) in [6, 6.07) is -2.21. The van der Waals surface area contributed by atoms with Crippen LogP contribution in [0, 0.1) is 0 Å². The van der Waals surface area contributed by atoms with Crippen LogP contribution in [0.4, 0.5) is 9.59 Å². The summed E-state index contributed by atoms with van der Waals surface area (Å²) in [7, 11) is 2.45. The number of methoxy groups -OCH3 is 2. The summed E-state index contributed by atoms with van der Waals surface area (Å²) in [6.07, 6.45) is -2.08. The number of ether oxygens (including phenoxy) is 4. The van der Waals surface area contributed by atoms with Gasteiger partial charge in [0.1, 0.15) is 23.3 Å². The minimum Gasteiger partial charge on any atom is -0.481 e. The lowest BCUT2D eigenvalue weighted by atomic mass is 10.1.